The first-order valence-electron chi connectivity index (χ1n) is 9.56. The van der Waals surface area contributed by atoms with Crippen molar-refractivity contribution < 1.29 is 4.39 Å². The van der Waals surface area contributed by atoms with E-state index < -0.39 is 0 Å². The number of rotatable bonds is 4. The van der Waals surface area contributed by atoms with E-state index >= 15 is 0 Å². The number of nitriles is 1. The Morgan fingerprint density at radius 1 is 1.29 bits per heavy atom. The number of piperidine rings is 1. The van der Waals surface area contributed by atoms with Gasteiger partial charge in [0.2, 0.25) is 0 Å². The molecule has 28 heavy (non-hydrogen) atoms. The number of anilines is 1. The van der Waals surface area contributed by atoms with Gasteiger partial charge in [-0.15, -0.1) is 0 Å². The second-order valence-electron chi connectivity index (χ2n) is 7.12. The first-order chi connectivity index (χ1) is 13.6. The van der Waals surface area contributed by atoms with Crippen molar-refractivity contribution in [2.75, 3.05) is 25.0 Å². The third-order valence-electron chi connectivity index (χ3n) is 4.97. The maximum atomic E-state index is 14.3. The molecule has 0 aliphatic carbocycles. The van der Waals surface area contributed by atoms with Gasteiger partial charge in [-0.2, -0.15) is 5.26 Å². The number of nitrogens with one attached hydrogen (secondary N) is 2. The van der Waals surface area contributed by atoms with E-state index in [2.05, 4.69) is 26.6 Å². The summed E-state index contributed by atoms with van der Waals surface area (Å²) in [6, 6.07) is 15.1. The Kier molecular flexibility index (Phi) is 6.49. The Balaban J connectivity index is 1.58. The van der Waals surface area contributed by atoms with Crippen molar-refractivity contribution in [2.24, 2.45) is 4.99 Å². The fraction of sp³-hybridized carbons (Fsp3) is 0.364. The molecule has 1 aliphatic rings. The molecule has 3 rings (SSSR count). The number of benzene rings is 2. The Morgan fingerprint density at radius 3 is 2.79 bits per heavy atom. The highest BCUT2D eigenvalue weighted by Gasteiger charge is 2.22. The van der Waals surface area contributed by atoms with Crippen molar-refractivity contribution in [1.82, 2.24) is 10.6 Å². The summed E-state index contributed by atoms with van der Waals surface area (Å²) in [4.78, 5) is 6.42. The molecule has 1 heterocycles. The van der Waals surface area contributed by atoms with E-state index in [1.807, 2.05) is 37.3 Å². The van der Waals surface area contributed by atoms with Crippen molar-refractivity contribution in [3.63, 3.8) is 0 Å². The standard InChI is InChI=1S/C22H26FN5/c1-16-5-10-20(23)21(12-16)28-11-3-4-19(15-28)27-22(25-2)26-14-18-8-6-17(13-24)7-9-18/h5-10,12,19H,3-4,11,14-15H2,1-2H3,(H2,25,26,27). The Bertz CT molecular complexity index is 869. The van der Waals surface area contributed by atoms with Crippen LogP contribution >= 0.6 is 0 Å². The molecule has 0 aromatic heterocycles. The van der Waals surface area contributed by atoms with Gasteiger partial charge in [0.25, 0.3) is 0 Å². The first-order valence-corrected chi connectivity index (χ1v) is 9.56. The minimum Gasteiger partial charge on any atom is -0.367 e. The summed E-state index contributed by atoms with van der Waals surface area (Å²) < 4.78 is 14.3. The zero-order chi connectivity index (χ0) is 19.9. The highest BCUT2D eigenvalue weighted by Crippen LogP contribution is 2.24. The van der Waals surface area contributed by atoms with Crippen LogP contribution in [0.5, 0.6) is 0 Å². The van der Waals surface area contributed by atoms with Crippen molar-refractivity contribution >= 4 is 11.6 Å². The summed E-state index contributed by atoms with van der Waals surface area (Å²) in [5, 5.41) is 15.6. The van der Waals surface area contributed by atoms with Crippen LogP contribution in [-0.4, -0.2) is 32.1 Å². The van der Waals surface area contributed by atoms with Gasteiger partial charge >= 0.3 is 0 Å². The van der Waals surface area contributed by atoms with Gasteiger partial charge in [-0.3, -0.25) is 4.99 Å². The van der Waals surface area contributed by atoms with E-state index in [-0.39, 0.29) is 11.9 Å². The first kappa shape index (κ1) is 19.7. The molecule has 0 saturated carbocycles. The van der Waals surface area contributed by atoms with Gasteiger partial charge in [-0.1, -0.05) is 18.2 Å². The predicted molar refractivity (Wildman–Crippen MR) is 111 cm³/mol. The molecule has 5 nitrogen and oxygen atoms in total. The maximum Gasteiger partial charge on any atom is 0.191 e. The quantitative estimate of drug-likeness (QED) is 0.632. The van der Waals surface area contributed by atoms with Gasteiger partial charge in [0.1, 0.15) is 5.82 Å². The van der Waals surface area contributed by atoms with Crippen LogP contribution in [0.4, 0.5) is 10.1 Å². The number of guanidine groups is 1. The molecular weight excluding hydrogens is 353 g/mol. The molecule has 0 bridgehead atoms. The van der Waals surface area contributed by atoms with Crippen LogP contribution in [0.15, 0.2) is 47.5 Å². The third kappa shape index (κ3) is 5.01. The molecule has 1 atom stereocenters. The second kappa shape index (κ2) is 9.23. The largest absolute Gasteiger partial charge is 0.367 e. The number of halogens is 1. The Hall–Kier alpha value is -3.07. The SMILES string of the molecule is CN=C(NCc1ccc(C#N)cc1)NC1CCCN(c2cc(C)ccc2F)C1. The van der Waals surface area contributed by atoms with Gasteiger partial charge in [0, 0.05) is 32.7 Å². The zero-order valence-electron chi connectivity index (χ0n) is 16.4. The molecule has 2 aromatic rings. The van der Waals surface area contributed by atoms with Gasteiger partial charge in [-0.05, 0) is 55.2 Å². The zero-order valence-corrected chi connectivity index (χ0v) is 16.4. The van der Waals surface area contributed by atoms with Crippen LogP contribution in [0.2, 0.25) is 0 Å². The average Bonchev–Trinajstić information content (AvgIpc) is 2.73. The maximum absolute atomic E-state index is 14.3. The molecule has 2 aromatic carbocycles. The van der Waals surface area contributed by atoms with Crippen molar-refractivity contribution in [3.8, 4) is 6.07 Å². The fourth-order valence-corrected chi connectivity index (χ4v) is 3.45. The highest BCUT2D eigenvalue weighted by atomic mass is 19.1. The molecule has 1 fully saturated rings. The molecule has 2 N–H and O–H groups in total. The molecule has 0 radical (unpaired) electrons. The lowest BCUT2D eigenvalue weighted by Gasteiger charge is -2.35. The summed E-state index contributed by atoms with van der Waals surface area (Å²) in [7, 11) is 1.74. The number of nitrogens with zero attached hydrogens (tertiary/aromatic N) is 3. The normalized spacial score (nSPS) is 17.1. The molecule has 1 saturated heterocycles. The molecular formula is C22H26FN5. The second-order valence-corrected chi connectivity index (χ2v) is 7.12. The molecule has 146 valence electrons. The predicted octanol–water partition coefficient (Wildman–Crippen LogP) is 3.34. The van der Waals surface area contributed by atoms with Crippen molar-refractivity contribution in [3.05, 3.63) is 65.0 Å². The minimum atomic E-state index is -0.172. The van der Waals surface area contributed by atoms with Crippen LogP contribution in [0, 0.1) is 24.1 Å². The van der Waals surface area contributed by atoms with E-state index in [1.165, 1.54) is 0 Å². The summed E-state index contributed by atoms with van der Waals surface area (Å²) in [5.74, 6) is 0.551. The van der Waals surface area contributed by atoms with Gasteiger partial charge < -0.3 is 15.5 Å². The monoisotopic (exact) mass is 379 g/mol. The van der Waals surface area contributed by atoms with Crippen LogP contribution < -0.4 is 15.5 Å². The van der Waals surface area contributed by atoms with Crippen LogP contribution in [0.25, 0.3) is 0 Å². The van der Waals surface area contributed by atoms with Gasteiger partial charge in [0.05, 0.1) is 17.3 Å². The number of hydrogen-bond acceptors (Lipinski definition) is 3. The van der Waals surface area contributed by atoms with Crippen LogP contribution in [0.1, 0.15) is 29.5 Å². The molecule has 1 aliphatic heterocycles. The molecule has 0 spiro atoms. The Labute approximate surface area is 165 Å². The summed E-state index contributed by atoms with van der Waals surface area (Å²) in [5.41, 5.74) is 3.46. The summed E-state index contributed by atoms with van der Waals surface area (Å²) >= 11 is 0. The molecule has 1 unspecified atom stereocenters. The third-order valence-corrected chi connectivity index (χ3v) is 4.97. The Morgan fingerprint density at radius 2 is 2.07 bits per heavy atom. The average molecular weight is 379 g/mol. The van der Waals surface area contributed by atoms with E-state index in [9.17, 15) is 4.39 Å². The number of aliphatic imine (C=N–C) groups is 1. The minimum absolute atomic E-state index is 0.172. The fourth-order valence-electron chi connectivity index (χ4n) is 3.45. The topological polar surface area (TPSA) is 63.5 Å². The lowest BCUT2D eigenvalue weighted by atomic mass is 10.0. The summed E-state index contributed by atoms with van der Waals surface area (Å²) in [6.45, 7) is 4.19. The van der Waals surface area contributed by atoms with Crippen molar-refractivity contribution in [1.29, 1.82) is 5.26 Å². The van der Waals surface area contributed by atoms with E-state index in [1.54, 1.807) is 19.2 Å². The summed E-state index contributed by atoms with van der Waals surface area (Å²) in [6.07, 6.45) is 2.01. The van der Waals surface area contributed by atoms with Crippen LogP contribution in [0.3, 0.4) is 0 Å². The molecule has 6 heteroatoms. The highest BCUT2D eigenvalue weighted by molar-refractivity contribution is 5.80. The van der Waals surface area contributed by atoms with Crippen LogP contribution in [-0.2, 0) is 6.54 Å². The van der Waals surface area contributed by atoms with Crippen molar-refractivity contribution in [2.45, 2.75) is 32.4 Å². The lowest BCUT2D eigenvalue weighted by molar-refractivity contribution is 0.462. The number of hydrogen-bond donors (Lipinski definition) is 2. The van der Waals surface area contributed by atoms with Gasteiger partial charge in [0.15, 0.2) is 5.96 Å². The number of aryl methyl sites for hydroxylation is 1. The molecule has 0 amide bonds. The lowest BCUT2D eigenvalue weighted by Crippen LogP contribution is -2.51. The smallest absolute Gasteiger partial charge is 0.191 e. The van der Waals surface area contributed by atoms with E-state index in [0.717, 1.165) is 43.0 Å². The van der Waals surface area contributed by atoms with E-state index in [0.29, 0.717) is 17.8 Å². The van der Waals surface area contributed by atoms with Gasteiger partial charge in [-0.25, -0.2) is 4.39 Å². The van der Waals surface area contributed by atoms with E-state index in [4.69, 9.17) is 5.26 Å².